The molecule has 1 aliphatic rings. The minimum atomic E-state index is 0.809. The van der Waals surface area contributed by atoms with Gasteiger partial charge in [0.1, 0.15) is 5.75 Å². The highest BCUT2D eigenvalue weighted by Crippen LogP contribution is 2.30. The van der Waals surface area contributed by atoms with Crippen LogP contribution in [0.5, 0.6) is 5.75 Å². The van der Waals surface area contributed by atoms with Gasteiger partial charge < -0.3 is 4.74 Å². The molecule has 1 heterocycles. The van der Waals surface area contributed by atoms with E-state index in [1.165, 1.54) is 68.2 Å². The van der Waals surface area contributed by atoms with E-state index in [1.807, 2.05) is 0 Å². The third kappa shape index (κ3) is 5.82. The van der Waals surface area contributed by atoms with E-state index < -0.39 is 0 Å². The molecule has 0 saturated heterocycles. The van der Waals surface area contributed by atoms with E-state index in [0.29, 0.717) is 0 Å². The molecule has 0 radical (unpaired) electrons. The predicted octanol–water partition coefficient (Wildman–Crippen LogP) is 7.00. The molecule has 2 heteroatoms. The van der Waals surface area contributed by atoms with E-state index in [9.17, 15) is 0 Å². The van der Waals surface area contributed by atoms with Crippen LogP contribution in [0.15, 0.2) is 36.4 Å². The van der Waals surface area contributed by atoms with E-state index >= 15 is 0 Å². The van der Waals surface area contributed by atoms with Crippen molar-refractivity contribution < 1.29 is 4.74 Å². The van der Waals surface area contributed by atoms with Gasteiger partial charge in [0.25, 0.3) is 0 Å². The van der Waals surface area contributed by atoms with Gasteiger partial charge in [0.05, 0.1) is 12.3 Å². The number of hydrogen-bond acceptors (Lipinski definition) is 2. The zero-order valence-electron chi connectivity index (χ0n) is 17.2. The van der Waals surface area contributed by atoms with Crippen molar-refractivity contribution in [2.45, 2.75) is 78.1 Å². The highest BCUT2D eigenvalue weighted by Gasteiger charge is 2.19. The van der Waals surface area contributed by atoms with Crippen molar-refractivity contribution in [3.8, 4) is 17.0 Å². The topological polar surface area (TPSA) is 22.1 Å². The monoisotopic (exact) mass is 365 g/mol. The normalized spacial score (nSPS) is 16.1. The van der Waals surface area contributed by atoms with Crippen LogP contribution >= 0.6 is 0 Å². The van der Waals surface area contributed by atoms with Gasteiger partial charge in [0, 0.05) is 11.3 Å². The van der Waals surface area contributed by atoms with E-state index in [0.717, 1.165) is 36.8 Å². The van der Waals surface area contributed by atoms with Gasteiger partial charge >= 0.3 is 0 Å². The molecule has 146 valence electrons. The van der Waals surface area contributed by atoms with E-state index in [1.54, 1.807) is 0 Å². The third-order valence-electron chi connectivity index (χ3n) is 5.75. The second kappa shape index (κ2) is 10.5. The second-order valence-electron chi connectivity index (χ2n) is 7.99. The van der Waals surface area contributed by atoms with Crippen LogP contribution in [0.25, 0.3) is 11.3 Å². The molecular formula is C25H35NO. The summed E-state index contributed by atoms with van der Waals surface area (Å²) >= 11 is 0. The molecule has 0 saturated carbocycles. The number of benzene rings is 1. The number of unbranched alkanes of at least 4 members (excludes halogenated alkanes) is 4. The molecule has 2 aromatic rings. The number of fused-ring (bicyclic) bond motifs is 1. The molecule has 0 fully saturated rings. The van der Waals surface area contributed by atoms with Crippen LogP contribution < -0.4 is 4.74 Å². The van der Waals surface area contributed by atoms with Crippen LogP contribution in [0.1, 0.15) is 76.5 Å². The van der Waals surface area contributed by atoms with Crippen LogP contribution in [0.4, 0.5) is 0 Å². The first kappa shape index (κ1) is 19.9. The summed E-state index contributed by atoms with van der Waals surface area (Å²) in [7, 11) is 0. The van der Waals surface area contributed by atoms with Gasteiger partial charge in [-0.05, 0) is 67.5 Å². The van der Waals surface area contributed by atoms with Crippen LogP contribution in [-0.2, 0) is 12.8 Å². The summed E-state index contributed by atoms with van der Waals surface area (Å²) in [5.41, 5.74) is 5.07. The summed E-state index contributed by atoms with van der Waals surface area (Å²) in [6.07, 6.45) is 12.7. The Balaban J connectivity index is 1.59. The van der Waals surface area contributed by atoms with Crippen molar-refractivity contribution in [2.75, 3.05) is 6.61 Å². The van der Waals surface area contributed by atoms with Gasteiger partial charge in [-0.25, -0.2) is 0 Å². The lowest BCUT2D eigenvalue weighted by atomic mass is 9.83. The maximum Gasteiger partial charge on any atom is 0.119 e. The van der Waals surface area contributed by atoms with Crippen molar-refractivity contribution in [3.63, 3.8) is 0 Å². The lowest BCUT2D eigenvalue weighted by molar-refractivity contribution is 0.306. The van der Waals surface area contributed by atoms with Crippen molar-refractivity contribution in [1.29, 1.82) is 0 Å². The maximum atomic E-state index is 5.82. The minimum absolute atomic E-state index is 0.809. The first-order chi connectivity index (χ1) is 13.3. The molecule has 0 amide bonds. The van der Waals surface area contributed by atoms with Crippen molar-refractivity contribution in [1.82, 2.24) is 4.98 Å². The van der Waals surface area contributed by atoms with Crippen molar-refractivity contribution in [2.24, 2.45) is 5.92 Å². The summed E-state index contributed by atoms with van der Waals surface area (Å²) in [5.74, 6) is 1.82. The molecule has 1 aromatic heterocycles. The largest absolute Gasteiger partial charge is 0.494 e. The summed E-state index contributed by atoms with van der Waals surface area (Å²) in [5, 5.41) is 0. The minimum Gasteiger partial charge on any atom is -0.494 e. The van der Waals surface area contributed by atoms with Gasteiger partial charge in [-0.3, -0.25) is 4.98 Å². The number of aryl methyl sites for hydroxylation is 1. The maximum absolute atomic E-state index is 5.82. The van der Waals surface area contributed by atoms with E-state index in [4.69, 9.17) is 9.72 Å². The smallest absolute Gasteiger partial charge is 0.119 e. The average molecular weight is 366 g/mol. The lowest BCUT2D eigenvalue weighted by Gasteiger charge is -2.24. The van der Waals surface area contributed by atoms with E-state index in [-0.39, 0.29) is 0 Å². The fourth-order valence-corrected chi connectivity index (χ4v) is 4.04. The highest BCUT2D eigenvalue weighted by atomic mass is 16.5. The molecule has 0 N–H and O–H groups in total. The Kier molecular flexibility index (Phi) is 7.74. The zero-order chi connectivity index (χ0) is 18.9. The molecule has 0 spiro atoms. The molecule has 27 heavy (non-hydrogen) atoms. The molecule has 2 nitrogen and oxygen atoms in total. The fraction of sp³-hybridized carbons (Fsp3) is 0.560. The summed E-state index contributed by atoms with van der Waals surface area (Å²) < 4.78 is 5.82. The average Bonchev–Trinajstić information content (AvgIpc) is 2.71. The Labute approximate surface area is 165 Å². The summed E-state index contributed by atoms with van der Waals surface area (Å²) in [4.78, 5) is 4.99. The van der Waals surface area contributed by atoms with Gasteiger partial charge in [-0.1, -0.05) is 58.4 Å². The first-order valence-corrected chi connectivity index (χ1v) is 11.0. The highest BCUT2D eigenvalue weighted by molar-refractivity contribution is 5.60. The first-order valence-electron chi connectivity index (χ1n) is 11.0. The number of ether oxygens (including phenoxy) is 1. The number of pyridine rings is 1. The van der Waals surface area contributed by atoms with E-state index in [2.05, 4.69) is 50.2 Å². The van der Waals surface area contributed by atoms with Crippen LogP contribution in [-0.4, -0.2) is 11.6 Å². The number of nitrogens with zero attached hydrogens (tertiary/aromatic N) is 1. The molecule has 0 bridgehead atoms. The van der Waals surface area contributed by atoms with Crippen LogP contribution in [0, 0.1) is 5.92 Å². The number of aromatic nitrogens is 1. The Morgan fingerprint density at radius 3 is 2.48 bits per heavy atom. The van der Waals surface area contributed by atoms with Gasteiger partial charge in [0.15, 0.2) is 0 Å². The van der Waals surface area contributed by atoms with Crippen LogP contribution in [0.2, 0.25) is 0 Å². The lowest BCUT2D eigenvalue weighted by Crippen LogP contribution is -2.15. The molecule has 1 aliphatic carbocycles. The quantitative estimate of drug-likeness (QED) is 0.423. The Bertz CT molecular complexity index is 692. The van der Waals surface area contributed by atoms with Gasteiger partial charge in [0.2, 0.25) is 0 Å². The summed E-state index contributed by atoms with van der Waals surface area (Å²) in [6.45, 7) is 5.31. The molecule has 1 atom stereocenters. The third-order valence-corrected chi connectivity index (χ3v) is 5.75. The molecule has 3 rings (SSSR count). The Morgan fingerprint density at radius 2 is 1.70 bits per heavy atom. The van der Waals surface area contributed by atoms with Gasteiger partial charge in [-0.15, -0.1) is 0 Å². The Morgan fingerprint density at radius 1 is 0.926 bits per heavy atom. The van der Waals surface area contributed by atoms with Crippen LogP contribution in [0.3, 0.4) is 0 Å². The van der Waals surface area contributed by atoms with Crippen molar-refractivity contribution in [3.05, 3.63) is 47.7 Å². The molecule has 1 aromatic carbocycles. The predicted molar refractivity (Wildman–Crippen MR) is 114 cm³/mol. The van der Waals surface area contributed by atoms with Crippen molar-refractivity contribution >= 4 is 0 Å². The fourth-order valence-electron chi connectivity index (χ4n) is 4.04. The molecule has 0 unspecified atom stereocenters. The summed E-state index contributed by atoms with van der Waals surface area (Å²) in [6, 6.07) is 12.9. The number of hydrogen-bond donors (Lipinski definition) is 0. The van der Waals surface area contributed by atoms with Gasteiger partial charge in [-0.2, -0.15) is 0 Å². The molecule has 0 aliphatic heterocycles. The second-order valence-corrected chi connectivity index (χ2v) is 7.99. The number of rotatable bonds is 10. The zero-order valence-corrected chi connectivity index (χ0v) is 17.2. The Hall–Kier alpha value is -1.83. The SMILES string of the molecule is CCCCCOc1ccc(-c2ccc3c(n2)CC[C@@H](CCCCC)C3)cc1. The standard InChI is InChI=1S/C25H35NO/c1-3-5-7-9-20-10-16-25-22(19-20)13-17-24(26-25)21-11-14-23(15-12-21)27-18-8-6-4-2/h11-15,17,20H,3-10,16,18-19H2,1-2H3/t20-/m1/s1. The molecular weight excluding hydrogens is 330 g/mol.